The van der Waals surface area contributed by atoms with Crippen LogP contribution in [0, 0.1) is 11.3 Å². The Morgan fingerprint density at radius 3 is 2.54 bits per heavy atom. The molecule has 2 aliphatic heterocycles. The molecule has 140 valence electrons. The van der Waals surface area contributed by atoms with Crippen LogP contribution in [-0.4, -0.2) is 74.8 Å². The predicted octanol–water partition coefficient (Wildman–Crippen LogP) is 2.41. The molecule has 0 amide bonds. The highest BCUT2D eigenvalue weighted by molar-refractivity contribution is 14.0. The molecule has 2 heterocycles. The molecule has 1 unspecified atom stereocenters. The van der Waals surface area contributed by atoms with Crippen LogP contribution < -0.4 is 5.32 Å². The van der Waals surface area contributed by atoms with E-state index in [1.54, 1.807) is 0 Å². The smallest absolute Gasteiger partial charge is 0.193 e. The SMILES string of the molecule is CCNC(=NCC(C)CN1CCOCC1)N1CCC2(CCC2)C1.I. The van der Waals surface area contributed by atoms with E-state index in [2.05, 4.69) is 29.0 Å². The first-order valence-electron chi connectivity index (χ1n) is 9.54. The Morgan fingerprint density at radius 2 is 1.96 bits per heavy atom. The van der Waals surface area contributed by atoms with Gasteiger partial charge in [0.1, 0.15) is 0 Å². The quantitative estimate of drug-likeness (QED) is 0.397. The van der Waals surface area contributed by atoms with Crippen LogP contribution >= 0.6 is 24.0 Å². The number of nitrogens with zero attached hydrogens (tertiary/aromatic N) is 3. The minimum absolute atomic E-state index is 0. The summed E-state index contributed by atoms with van der Waals surface area (Å²) in [6.45, 7) is 13.8. The van der Waals surface area contributed by atoms with Crippen molar-refractivity contribution in [3.05, 3.63) is 0 Å². The Morgan fingerprint density at radius 1 is 1.21 bits per heavy atom. The number of nitrogens with one attached hydrogen (secondary N) is 1. The minimum atomic E-state index is 0. The third kappa shape index (κ3) is 5.21. The molecule has 2 saturated heterocycles. The second kappa shape index (κ2) is 9.57. The van der Waals surface area contributed by atoms with Crippen LogP contribution in [0.3, 0.4) is 0 Å². The molecule has 3 rings (SSSR count). The van der Waals surface area contributed by atoms with E-state index in [9.17, 15) is 0 Å². The molecule has 0 aromatic rings. The van der Waals surface area contributed by atoms with E-state index in [0.29, 0.717) is 11.3 Å². The normalized spacial score (nSPS) is 25.2. The molecule has 5 nitrogen and oxygen atoms in total. The van der Waals surface area contributed by atoms with Gasteiger partial charge in [0.2, 0.25) is 0 Å². The molecule has 3 fully saturated rings. The Balaban J connectivity index is 0.00000208. The van der Waals surface area contributed by atoms with Crippen LogP contribution in [0.25, 0.3) is 0 Å². The predicted molar refractivity (Wildman–Crippen MR) is 110 cm³/mol. The van der Waals surface area contributed by atoms with Gasteiger partial charge in [0.15, 0.2) is 5.96 Å². The number of hydrogen-bond acceptors (Lipinski definition) is 3. The minimum Gasteiger partial charge on any atom is -0.379 e. The fourth-order valence-electron chi connectivity index (χ4n) is 4.15. The van der Waals surface area contributed by atoms with Crippen molar-refractivity contribution < 1.29 is 4.74 Å². The van der Waals surface area contributed by atoms with Gasteiger partial charge in [0.05, 0.1) is 13.2 Å². The molecule has 0 radical (unpaired) electrons. The molecule has 0 aromatic carbocycles. The zero-order valence-electron chi connectivity index (χ0n) is 15.4. The molecule has 0 aromatic heterocycles. The van der Waals surface area contributed by atoms with Crippen LogP contribution in [-0.2, 0) is 4.74 Å². The van der Waals surface area contributed by atoms with Crippen molar-refractivity contribution >= 4 is 29.9 Å². The van der Waals surface area contributed by atoms with Gasteiger partial charge in [-0.05, 0) is 37.5 Å². The Kier molecular flexibility index (Phi) is 8.07. The van der Waals surface area contributed by atoms with Gasteiger partial charge in [-0.15, -0.1) is 24.0 Å². The number of guanidine groups is 1. The van der Waals surface area contributed by atoms with E-state index in [0.717, 1.165) is 51.9 Å². The van der Waals surface area contributed by atoms with Gasteiger partial charge < -0.3 is 15.0 Å². The molecule has 1 N–H and O–H groups in total. The lowest BCUT2D eigenvalue weighted by atomic mass is 9.68. The average molecular weight is 450 g/mol. The van der Waals surface area contributed by atoms with Crippen LogP contribution in [0.2, 0.25) is 0 Å². The second-order valence-corrected chi connectivity index (χ2v) is 7.74. The van der Waals surface area contributed by atoms with Gasteiger partial charge in [-0.2, -0.15) is 0 Å². The first kappa shape index (κ1) is 20.2. The molecule has 3 aliphatic rings. The molecular formula is C18H35IN4O. The molecule has 1 atom stereocenters. The third-order valence-electron chi connectivity index (χ3n) is 5.71. The average Bonchev–Trinajstić information content (AvgIpc) is 2.98. The number of aliphatic imine (C=N–C) groups is 1. The zero-order chi connectivity index (χ0) is 16.1. The number of ether oxygens (including phenoxy) is 1. The Hall–Kier alpha value is -0.0800. The summed E-state index contributed by atoms with van der Waals surface area (Å²) in [5.41, 5.74) is 0.635. The highest BCUT2D eigenvalue weighted by Crippen LogP contribution is 2.47. The fraction of sp³-hybridized carbons (Fsp3) is 0.944. The zero-order valence-corrected chi connectivity index (χ0v) is 17.8. The number of morpholine rings is 1. The highest BCUT2D eigenvalue weighted by Gasteiger charge is 2.43. The maximum absolute atomic E-state index is 5.43. The molecule has 1 aliphatic carbocycles. The third-order valence-corrected chi connectivity index (χ3v) is 5.71. The standard InChI is InChI=1S/C18H34N4O.HI/c1-3-19-17(22-8-7-18(15-22)5-4-6-18)20-13-16(2)14-21-9-11-23-12-10-21;/h16H,3-15H2,1-2H3,(H,19,20);1H. The summed E-state index contributed by atoms with van der Waals surface area (Å²) in [5.74, 6) is 1.74. The van der Waals surface area contributed by atoms with Gasteiger partial charge >= 0.3 is 0 Å². The molecule has 1 saturated carbocycles. The molecule has 24 heavy (non-hydrogen) atoms. The Bertz CT molecular complexity index is 408. The number of hydrogen-bond donors (Lipinski definition) is 1. The molecule has 1 spiro atoms. The monoisotopic (exact) mass is 450 g/mol. The van der Waals surface area contributed by atoms with Crippen LogP contribution in [0.5, 0.6) is 0 Å². The lowest BCUT2D eigenvalue weighted by Gasteiger charge is -2.38. The maximum atomic E-state index is 5.43. The van der Waals surface area contributed by atoms with Gasteiger partial charge in [0.25, 0.3) is 0 Å². The van der Waals surface area contributed by atoms with Crippen molar-refractivity contribution in [1.82, 2.24) is 15.1 Å². The summed E-state index contributed by atoms with van der Waals surface area (Å²) < 4.78 is 5.43. The first-order chi connectivity index (χ1) is 11.2. The van der Waals surface area contributed by atoms with Crippen molar-refractivity contribution in [3.8, 4) is 0 Å². The van der Waals surface area contributed by atoms with E-state index in [4.69, 9.17) is 9.73 Å². The second-order valence-electron chi connectivity index (χ2n) is 7.74. The lowest BCUT2D eigenvalue weighted by Crippen LogP contribution is -2.43. The van der Waals surface area contributed by atoms with E-state index in [-0.39, 0.29) is 24.0 Å². The summed E-state index contributed by atoms with van der Waals surface area (Å²) in [7, 11) is 0. The maximum Gasteiger partial charge on any atom is 0.193 e. The summed E-state index contributed by atoms with van der Waals surface area (Å²) in [5, 5.41) is 3.51. The van der Waals surface area contributed by atoms with E-state index >= 15 is 0 Å². The number of halogens is 1. The highest BCUT2D eigenvalue weighted by atomic mass is 127. The van der Waals surface area contributed by atoms with Crippen molar-refractivity contribution in [1.29, 1.82) is 0 Å². The summed E-state index contributed by atoms with van der Waals surface area (Å²) >= 11 is 0. The molecule has 0 bridgehead atoms. The molecule has 6 heteroatoms. The van der Waals surface area contributed by atoms with E-state index in [1.807, 2.05) is 0 Å². The van der Waals surface area contributed by atoms with Crippen molar-refractivity contribution in [3.63, 3.8) is 0 Å². The van der Waals surface area contributed by atoms with Crippen LogP contribution in [0.4, 0.5) is 0 Å². The van der Waals surface area contributed by atoms with Crippen LogP contribution in [0.15, 0.2) is 4.99 Å². The number of likely N-dealkylation sites (tertiary alicyclic amines) is 1. The van der Waals surface area contributed by atoms with Crippen molar-refractivity contribution in [2.75, 3.05) is 59.0 Å². The Labute approximate surface area is 164 Å². The van der Waals surface area contributed by atoms with Crippen LogP contribution in [0.1, 0.15) is 39.5 Å². The van der Waals surface area contributed by atoms with Gasteiger partial charge in [-0.1, -0.05) is 13.3 Å². The first-order valence-corrected chi connectivity index (χ1v) is 9.54. The van der Waals surface area contributed by atoms with Gasteiger partial charge in [-0.3, -0.25) is 9.89 Å². The number of rotatable bonds is 5. The summed E-state index contributed by atoms with van der Waals surface area (Å²) in [6, 6.07) is 0. The fourth-order valence-corrected chi connectivity index (χ4v) is 4.15. The largest absolute Gasteiger partial charge is 0.379 e. The molecular weight excluding hydrogens is 415 g/mol. The summed E-state index contributed by atoms with van der Waals surface area (Å²) in [4.78, 5) is 9.97. The summed E-state index contributed by atoms with van der Waals surface area (Å²) in [6.07, 6.45) is 5.64. The van der Waals surface area contributed by atoms with Crippen molar-refractivity contribution in [2.24, 2.45) is 16.3 Å². The van der Waals surface area contributed by atoms with E-state index < -0.39 is 0 Å². The van der Waals surface area contributed by atoms with Crippen molar-refractivity contribution in [2.45, 2.75) is 39.5 Å². The van der Waals surface area contributed by atoms with Gasteiger partial charge in [0, 0.05) is 45.8 Å². The lowest BCUT2D eigenvalue weighted by molar-refractivity contribution is 0.0323. The van der Waals surface area contributed by atoms with Gasteiger partial charge in [-0.25, -0.2) is 0 Å². The van der Waals surface area contributed by atoms with E-state index in [1.165, 1.54) is 38.8 Å². The topological polar surface area (TPSA) is 40.1 Å².